The lowest BCUT2D eigenvalue weighted by Crippen LogP contribution is -2.49. The summed E-state index contributed by atoms with van der Waals surface area (Å²) in [5, 5.41) is 18.6. The van der Waals surface area contributed by atoms with Gasteiger partial charge >= 0.3 is 5.97 Å². The Morgan fingerprint density at radius 2 is 2.14 bits per heavy atom. The van der Waals surface area contributed by atoms with E-state index in [4.69, 9.17) is 0 Å². The second-order valence-corrected chi connectivity index (χ2v) is 5.43. The van der Waals surface area contributed by atoms with E-state index in [-0.39, 0.29) is 17.9 Å². The molecule has 114 valence electrons. The Morgan fingerprint density at radius 1 is 1.43 bits per heavy atom. The van der Waals surface area contributed by atoms with Crippen molar-refractivity contribution in [2.75, 3.05) is 13.1 Å². The van der Waals surface area contributed by atoms with Crippen LogP contribution in [-0.4, -0.2) is 40.1 Å². The maximum Gasteiger partial charge on any atom is 0.311 e. The topological polar surface area (TPSA) is 77.8 Å². The van der Waals surface area contributed by atoms with Crippen LogP contribution in [0.4, 0.5) is 4.39 Å². The SMILES string of the molecule is CCC1(C(=O)O)CCCN(C(=O)c2ccc(O)cc2F)C1. The normalized spacial score (nSPS) is 22.1. The number of phenols is 1. The Morgan fingerprint density at radius 3 is 2.71 bits per heavy atom. The number of aromatic hydroxyl groups is 1. The van der Waals surface area contributed by atoms with Crippen LogP contribution in [0.25, 0.3) is 0 Å². The Bertz CT molecular complexity index is 575. The average Bonchev–Trinajstić information content (AvgIpc) is 2.46. The van der Waals surface area contributed by atoms with Crippen molar-refractivity contribution < 1.29 is 24.2 Å². The summed E-state index contributed by atoms with van der Waals surface area (Å²) in [6, 6.07) is 3.34. The molecule has 1 aliphatic heterocycles. The Labute approximate surface area is 122 Å². The quantitative estimate of drug-likeness (QED) is 0.896. The molecule has 0 spiro atoms. The number of halogens is 1. The zero-order valence-corrected chi connectivity index (χ0v) is 11.8. The van der Waals surface area contributed by atoms with Crippen LogP contribution in [0.2, 0.25) is 0 Å². The van der Waals surface area contributed by atoms with Crippen molar-refractivity contribution in [2.24, 2.45) is 5.41 Å². The summed E-state index contributed by atoms with van der Waals surface area (Å²) >= 11 is 0. The summed E-state index contributed by atoms with van der Waals surface area (Å²) in [6.45, 7) is 2.27. The number of aliphatic carboxylic acids is 1. The van der Waals surface area contributed by atoms with Crippen molar-refractivity contribution in [1.82, 2.24) is 4.90 Å². The van der Waals surface area contributed by atoms with Crippen LogP contribution in [0.15, 0.2) is 18.2 Å². The van der Waals surface area contributed by atoms with Gasteiger partial charge in [-0.2, -0.15) is 0 Å². The summed E-state index contributed by atoms with van der Waals surface area (Å²) in [6.07, 6.45) is 1.51. The first-order chi connectivity index (χ1) is 9.89. The number of hydrogen-bond donors (Lipinski definition) is 2. The van der Waals surface area contributed by atoms with Gasteiger partial charge in [-0.1, -0.05) is 6.92 Å². The highest BCUT2D eigenvalue weighted by molar-refractivity contribution is 5.95. The molecule has 1 aromatic carbocycles. The number of likely N-dealkylation sites (tertiary alicyclic amines) is 1. The lowest BCUT2D eigenvalue weighted by atomic mass is 9.77. The van der Waals surface area contributed by atoms with Crippen LogP contribution >= 0.6 is 0 Å². The largest absolute Gasteiger partial charge is 0.508 e. The Kier molecular flexibility index (Phi) is 4.16. The zero-order valence-electron chi connectivity index (χ0n) is 11.8. The molecular weight excluding hydrogens is 277 g/mol. The van der Waals surface area contributed by atoms with E-state index in [0.29, 0.717) is 25.8 Å². The van der Waals surface area contributed by atoms with Gasteiger partial charge in [0.05, 0.1) is 11.0 Å². The minimum atomic E-state index is -0.957. The molecule has 0 radical (unpaired) electrons. The fourth-order valence-electron chi connectivity index (χ4n) is 2.77. The van der Waals surface area contributed by atoms with Crippen molar-refractivity contribution in [3.05, 3.63) is 29.6 Å². The van der Waals surface area contributed by atoms with Gasteiger partial charge in [0.15, 0.2) is 0 Å². The molecule has 2 N–H and O–H groups in total. The van der Waals surface area contributed by atoms with E-state index >= 15 is 0 Å². The molecule has 0 aliphatic carbocycles. The summed E-state index contributed by atoms with van der Waals surface area (Å²) in [5.74, 6) is -2.51. The number of carboxylic acids is 1. The zero-order chi connectivity index (χ0) is 15.6. The van der Waals surface area contributed by atoms with E-state index in [1.54, 1.807) is 6.92 Å². The van der Waals surface area contributed by atoms with E-state index in [0.717, 1.165) is 6.07 Å². The summed E-state index contributed by atoms with van der Waals surface area (Å²) < 4.78 is 13.8. The second-order valence-electron chi connectivity index (χ2n) is 5.43. The van der Waals surface area contributed by atoms with Gasteiger partial charge in [0.1, 0.15) is 11.6 Å². The number of hydrogen-bond acceptors (Lipinski definition) is 3. The monoisotopic (exact) mass is 295 g/mol. The van der Waals surface area contributed by atoms with Crippen LogP contribution in [0.3, 0.4) is 0 Å². The highest BCUT2D eigenvalue weighted by atomic mass is 19.1. The Hall–Kier alpha value is -2.11. The number of nitrogens with zero attached hydrogens (tertiary/aromatic N) is 1. The Balaban J connectivity index is 2.25. The molecule has 1 unspecified atom stereocenters. The van der Waals surface area contributed by atoms with Crippen LogP contribution in [-0.2, 0) is 4.79 Å². The molecule has 6 heteroatoms. The number of phenolic OH excluding ortho intramolecular Hbond substituents is 1. The smallest absolute Gasteiger partial charge is 0.311 e. The highest BCUT2D eigenvalue weighted by Crippen LogP contribution is 2.34. The number of amides is 1. The van der Waals surface area contributed by atoms with E-state index in [2.05, 4.69) is 0 Å². The molecule has 2 rings (SSSR count). The lowest BCUT2D eigenvalue weighted by Gasteiger charge is -2.39. The third kappa shape index (κ3) is 2.84. The minimum Gasteiger partial charge on any atom is -0.508 e. The number of rotatable bonds is 3. The van der Waals surface area contributed by atoms with Gasteiger partial charge in [0.25, 0.3) is 5.91 Å². The molecule has 1 fully saturated rings. The first-order valence-electron chi connectivity index (χ1n) is 6.91. The highest BCUT2D eigenvalue weighted by Gasteiger charge is 2.42. The van der Waals surface area contributed by atoms with Crippen LogP contribution < -0.4 is 0 Å². The third-order valence-corrected chi connectivity index (χ3v) is 4.18. The fraction of sp³-hybridized carbons (Fsp3) is 0.467. The summed E-state index contributed by atoms with van der Waals surface area (Å²) in [4.78, 5) is 25.2. The van der Waals surface area contributed by atoms with Crippen LogP contribution in [0.1, 0.15) is 36.5 Å². The second kappa shape index (κ2) is 5.71. The molecule has 1 aromatic rings. The lowest BCUT2D eigenvalue weighted by molar-refractivity contribution is -0.152. The van der Waals surface area contributed by atoms with Gasteiger partial charge in [-0.25, -0.2) is 4.39 Å². The van der Waals surface area contributed by atoms with Crippen molar-refractivity contribution in [1.29, 1.82) is 0 Å². The summed E-state index contributed by atoms with van der Waals surface area (Å²) in [7, 11) is 0. The van der Waals surface area contributed by atoms with Crippen molar-refractivity contribution >= 4 is 11.9 Å². The number of carbonyl (C=O) groups is 2. The van der Waals surface area contributed by atoms with E-state index in [1.165, 1.54) is 17.0 Å². The van der Waals surface area contributed by atoms with Crippen molar-refractivity contribution in [3.63, 3.8) is 0 Å². The van der Waals surface area contributed by atoms with Gasteiger partial charge in [-0.05, 0) is 31.4 Å². The van der Waals surface area contributed by atoms with Crippen molar-refractivity contribution in [2.45, 2.75) is 26.2 Å². The van der Waals surface area contributed by atoms with Gasteiger partial charge in [-0.3, -0.25) is 9.59 Å². The number of carbonyl (C=O) groups excluding carboxylic acids is 1. The molecule has 1 saturated heterocycles. The molecule has 0 bridgehead atoms. The fourth-order valence-corrected chi connectivity index (χ4v) is 2.77. The first kappa shape index (κ1) is 15.3. The van der Waals surface area contributed by atoms with E-state index < -0.39 is 23.1 Å². The number of piperidine rings is 1. The predicted molar refractivity (Wildman–Crippen MR) is 73.6 cm³/mol. The van der Waals surface area contributed by atoms with Gasteiger partial charge in [0, 0.05) is 19.2 Å². The molecule has 1 aliphatic rings. The van der Waals surface area contributed by atoms with Gasteiger partial charge < -0.3 is 15.1 Å². The molecular formula is C15H18FNO4. The van der Waals surface area contributed by atoms with E-state index in [1.807, 2.05) is 0 Å². The maximum absolute atomic E-state index is 13.8. The molecule has 0 saturated carbocycles. The molecule has 21 heavy (non-hydrogen) atoms. The first-order valence-corrected chi connectivity index (χ1v) is 6.91. The molecule has 0 aromatic heterocycles. The molecule has 5 nitrogen and oxygen atoms in total. The minimum absolute atomic E-state index is 0.0813. The van der Waals surface area contributed by atoms with Crippen molar-refractivity contribution in [3.8, 4) is 5.75 Å². The standard InChI is InChI=1S/C15H18FNO4/c1-2-15(14(20)21)6-3-7-17(9-15)13(19)11-5-4-10(18)8-12(11)16/h4-5,8,18H,2-3,6-7,9H2,1H3,(H,20,21). The average molecular weight is 295 g/mol. The number of carboxylic acid groups (broad SMARTS) is 1. The summed E-state index contributed by atoms with van der Waals surface area (Å²) in [5.41, 5.74) is -1.11. The van der Waals surface area contributed by atoms with Gasteiger partial charge in [0.2, 0.25) is 0 Å². The van der Waals surface area contributed by atoms with Gasteiger partial charge in [-0.15, -0.1) is 0 Å². The molecule has 1 heterocycles. The third-order valence-electron chi connectivity index (χ3n) is 4.18. The number of benzene rings is 1. The predicted octanol–water partition coefficient (Wildman–Crippen LogP) is 2.25. The maximum atomic E-state index is 13.8. The molecule has 1 atom stereocenters. The van der Waals surface area contributed by atoms with Crippen LogP contribution in [0, 0.1) is 11.2 Å². The molecule has 1 amide bonds. The van der Waals surface area contributed by atoms with E-state index in [9.17, 15) is 24.2 Å². The van der Waals surface area contributed by atoms with Crippen LogP contribution in [0.5, 0.6) is 5.75 Å².